The molecule has 3 amide bonds. The van der Waals surface area contributed by atoms with Crippen molar-refractivity contribution in [1.82, 2.24) is 14.8 Å². The van der Waals surface area contributed by atoms with Gasteiger partial charge < -0.3 is 19.7 Å². The molecule has 44 heavy (non-hydrogen) atoms. The Balaban J connectivity index is 1.40. The number of non-ortho nitro benzene ring substituents is 1. The van der Waals surface area contributed by atoms with Crippen LogP contribution in [0.5, 0.6) is 5.75 Å². The maximum absolute atomic E-state index is 13.9. The summed E-state index contributed by atoms with van der Waals surface area (Å²) < 4.78 is 24.6. The van der Waals surface area contributed by atoms with Crippen LogP contribution in [-0.2, 0) is 9.53 Å². The number of amides is 3. The minimum atomic E-state index is -0.563. The molecule has 0 unspecified atom stereocenters. The average molecular weight is 605 g/mol. The van der Waals surface area contributed by atoms with Gasteiger partial charge in [-0.25, -0.2) is 14.2 Å². The second kappa shape index (κ2) is 14.1. The van der Waals surface area contributed by atoms with E-state index in [0.717, 1.165) is 13.1 Å². The summed E-state index contributed by atoms with van der Waals surface area (Å²) >= 11 is 0. The van der Waals surface area contributed by atoms with Gasteiger partial charge in [-0.15, -0.1) is 0 Å². The number of hydrazone groups is 1. The van der Waals surface area contributed by atoms with Gasteiger partial charge in [0.2, 0.25) is 0 Å². The number of urea groups is 1. The molecule has 0 radical (unpaired) electrons. The normalized spacial score (nSPS) is 16.7. The Bertz CT molecular complexity index is 1510. The number of methoxy groups -OCH3 is 1. The summed E-state index contributed by atoms with van der Waals surface area (Å²) in [6.45, 7) is 3.16. The van der Waals surface area contributed by atoms with E-state index in [0.29, 0.717) is 54.5 Å². The predicted octanol–water partition coefficient (Wildman–Crippen LogP) is 4.29. The molecule has 2 aliphatic rings. The Labute approximate surface area is 253 Å². The number of rotatable bonds is 10. The number of para-hydroxylation sites is 2. The van der Waals surface area contributed by atoms with Crippen molar-refractivity contribution in [1.29, 1.82) is 0 Å². The molecule has 1 N–H and O–H groups in total. The minimum Gasteiger partial charge on any atom is -0.495 e. The van der Waals surface area contributed by atoms with E-state index < -0.39 is 28.7 Å². The number of benzene rings is 3. The van der Waals surface area contributed by atoms with Crippen molar-refractivity contribution in [2.45, 2.75) is 12.5 Å². The molecular formula is C31H33FN6O6. The van der Waals surface area contributed by atoms with Gasteiger partial charge in [-0.05, 0) is 47.5 Å². The number of nitrogens with one attached hydrogen (secondary N) is 1. The van der Waals surface area contributed by atoms with E-state index in [1.165, 1.54) is 41.3 Å². The fourth-order valence-corrected chi connectivity index (χ4v) is 5.15. The summed E-state index contributed by atoms with van der Waals surface area (Å²) in [5, 5.41) is 19.9. The Morgan fingerprint density at radius 3 is 2.48 bits per heavy atom. The van der Waals surface area contributed by atoms with Gasteiger partial charge in [0.1, 0.15) is 18.1 Å². The van der Waals surface area contributed by atoms with Crippen LogP contribution < -0.4 is 10.1 Å². The van der Waals surface area contributed by atoms with E-state index in [1.807, 2.05) is 0 Å². The molecule has 1 fully saturated rings. The summed E-state index contributed by atoms with van der Waals surface area (Å²) in [6.07, 6.45) is 0.302. The molecule has 2 aliphatic heterocycles. The summed E-state index contributed by atoms with van der Waals surface area (Å²) in [4.78, 5) is 41.8. The summed E-state index contributed by atoms with van der Waals surface area (Å²) in [7, 11) is 1.51. The van der Waals surface area contributed by atoms with Gasteiger partial charge in [0.15, 0.2) is 0 Å². The predicted molar refractivity (Wildman–Crippen MR) is 161 cm³/mol. The first-order valence-electron chi connectivity index (χ1n) is 14.2. The first-order valence-corrected chi connectivity index (χ1v) is 14.2. The molecule has 0 bridgehead atoms. The first-order chi connectivity index (χ1) is 21.3. The molecule has 12 nitrogen and oxygen atoms in total. The zero-order chi connectivity index (χ0) is 31.1. The highest BCUT2D eigenvalue weighted by molar-refractivity contribution is 6.03. The molecule has 3 aromatic rings. The zero-order valence-electron chi connectivity index (χ0n) is 24.2. The number of carbonyl (C=O) groups excluding carboxylic acids is 2. The van der Waals surface area contributed by atoms with Crippen LogP contribution in [0.1, 0.15) is 23.6 Å². The zero-order valence-corrected chi connectivity index (χ0v) is 24.2. The molecule has 5 rings (SSSR count). The molecule has 1 saturated heterocycles. The van der Waals surface area contributed by atoms with Crippen LogP contribution in [0.2, 0.25) is 0 Å². The lowest BCUT2D eigenvalue weighted by Gasteiger charge is -2.31. The number of anilines is 1. The van der Waals surface area contributed by atoms with Crippen LogP contribution in [0.25, 0.3) is 0 Å². The summed E-state index contributed by atoms with van der Waals surface area (Å²) in [5.74, 6) is -0.370. The summed E-state index contributed by atoms with van der Waals surface area (Å²) in [5.41, 5.74) is 2.23. The molecule has 0 saturated carbocycles. The van der Waals surface area contributed by atoms with Gasteiger partial charge >= 0.3 is 6.03 Å². The number of nitro groups is 1. The van der Waals surface area contributed by atoms with Gasteiger partial charge in [-0.1, -0.05) is 24.3 Å². The van der Waals surface area contributed by atoms with Gasteiger partial charge in [0, 0.05) is 44.7 Å². The highest BCUT2D eigenvalue weighted by Crippen LogP contribution is 2.33. The van der Waals surface area contributed by atoms with Crippen molar-refractivity contribution in [2.75, 3.05) is 58.4 Å². The van der Waals surface area contributed by atoms with Crippen molar-refractivity contribution in [2.24, 2.45) is 5.10 Å². The molecule has 3 aromatic carbocycles. The molecule has 230 valence electrons. The average Bonchev–Trinajstić information content (AvgIpc) is 3.50. The van der Waals surface area contributed by atoms with Crippen molar-refractivity contribution in [3.8, 4) is 5.75 Å². The Morgan fingerprint density at radius 1 is 1.09 bits per heavy atom. The number of halogens is 1. The number of carbonyl (C=O) groups is 2. The van der Waals surface area contributed by atoms with Crippen molar-refractivity contribution < 1.29 is 28.4 Å². The molecule has 0 spiro atoms. The number of ether oxygens (including phenoxy) is 2. The third kappa shape index (κ3) is 7.36. The lowest BCUT2D eigenvalue weighted by Crippen LogP contribution is -2.47. The molecule has 2 heterocycles. The Morgan fingerprint density at radius 2 is 1.80 bits per heavy atom. The van der Waals surface area contributed by atoms with Crippen LogP contribution in [0.4, 0.5) is 20.6 Å². The van der Waals surface area contributed by atoms with Gasteiger partial charge in [0.05, 0.1) is 42.7 Å². The first kappa shape index (κ1) is 30.6. The van der Waals surface area contributed by atoms with Gasteiger partial charge in [0.25, 0.3) is 11.6 Å². The van der Waals surface area contributed by atoms with Crippen LogP contribution in [-0.4, -0.2) is 90.4 Å². The molecule has 0 aliphatic carbocycles. The number of nitrogens with zero attached hydrogens (tertiary/aromatic N) is 5. The van der Waals surface area contributed by atoms with E-state index in [-0.39, 0.29) is 18.8 Å². The highest BCUT2D eigenvalue weighted by Gasteiger charge is 2.35. The third-order valence-corrected chi connectivity index (χ3v) is 7.58. The lowest BCUT2D eigenvalue weighted by molar-refractivity contribution is -0.384. The van der Waals surface area contributed by atoms with Crippen molar-refractivity contribution in [3.05, 3.63) is 99.9 Å². The fraction of sp³-hybridized carbons (Fsp3) is 0.323. The van der Waals surface area contributed by atoms with E-state index in [4.69, 9.17) is 9.47 Å². The van der Waals surface area contributed by atoms with Crippen LogP contribution in [0.15, 0.2) is 77.9 Å². The van der Waals surface area contributed by atoms with Crippen molar-refractivity contribution in [3.63, 3.8) is 0 Å². The molecular weight excluding hydrogens is 571 g/mol. The fourth-order valence-electron chi connectivity index (χ4n) is 5.15. The van der Waals surface area contributed by atoms with Crippen LogP contribution >= 0.6 is 0 Å². The van der Waals surface area contributed by atoms with Gasteiger partial charge in [-0.2, -0.15) is 5.10 Å². The van der Waals surface area contributed by atoms with Gasteiger partial charge in [-0.3, -0.25) is 19.8 Å². The number of hydrogen-bond donors (Lipinski definition) is 1. The maximum atomic E-state index is 13.9. The quantitative estimate of drug-likeness (QED) is 0.270. The van der Waals surface area contributed by atoms with Crippen molar-refractivity contribution >= 4 is 29.0 Å². The number of nitro benzene ring substituents is 1. The monoisotopic (exact) mass is 604 g/mol. The van der Waals surface area contributed by atoms with E-state index in [2.05, 4.69) is 15.3 Å². The highest BCUT2D eigenvalue weighted by atomic mass is 19.1. The second-order valence-corrected chi connectivity index (χ2v) is 10.4. The number of hydrogen-bond acceptors (Lipinski definition) is 8. The topological polar surface area (TPSA) is 130 Å². The lowest BCUT2D eigenvalue weighted by atomic mass is 9.98. The smallest absolute Gasteiger partial charge is 0.322 e. The Hall–Kier alpha value is -4.88. The second-order valence-electron chi connectivity index (χ2n) is 10.4. The molecule has 1 atom stereocenters. The Kier molecular flexibility index (Phi) is 9.77. The molecule has 0 aromatic heterocycles. The van der Waals surface area contributed by atoms with E-state index in [9.17, 15) is 24.1 Å². The van der Waals surface area contributed by atoms with Crippen LogP contribution in [0, 0.1) is 15.9 Å². The molecule has 13 heteroatoms. The van der Waals surface area contributed by atoms with E-state index in [1.54, 1.807) is 48.5 Å². The minimum absolute atomic E-state index is 0.0627. The number of morpholine rings is 1. The maximum Gasteiger partial charge on any atom is 0.322 e. The standard InChI is InChI=1S/C31H33FN6O6/c1-43-29-5-3-2-4-26(29)33-31(40)36(15-14-35-16-18-44-19-17-35)21-30(39)37-28(23-6-10-24(32)11-7-23)20-27(34-37)22-8-12-25(13-9-22)38(41)42/h2-13,28H,14-21H2,1H3,(H,33,40)/t28-/m1/s1. The largest absolute Gasteiger partial charge is 0.495 e. The third-order valence-electron chi connectivity index (χ3n) is 7.58. The summed E-state index contributed by atoms with van der Waals surface area (Å²) in [6, 6.07) is 17.7. The SMILES string of the molecule is COc1ccccc1NC(=O)N(CCN1CCOCC1)CC(=O)N1N=C(c2ccc([N+](=O)[O-])cc2)C[C@@H]1c1ccc(F)cc1. The van der Waals surface area contributed by atoms with Crippen LogP contribution in [0.3, 0.4) is 0 Å². The van der Waals surface area contributed by atoms with E-state index >= 15 is 0 Å².